The van der Waals surface area contributed by atoms with Crippen LogP contribution in [0.3, 0.4) is 0 Å². The van der Waals surface area contributed by atoms with Gasteiger partial charge in [-0.05, 0) is 0 Å². The van der Waals surface area contributed by atoms with Crippen LogP contribution in [0.25, 0.3) is 0 Å². The molecule has 0 saturated heterocycles. The third kappa shape index (κ3) is 4.20. The lowest BCUT2D eigenvalue weighted by molar-refractivity contribution is -0.833. The van der Waals surface area contributed by atoms with Crippen LogP contribution < -0.4 is 0 Å². The molecule has 0 atom stereocenters. The Kier molecular flexibility index (Phi) is 5.90. The van der Waals surface area contributed by atoms with Gasteiger partial charge in [-0.3, -0.25) is 40.5 Å². The Hall–Kier alpha value is -2.58. The summed E-state index contributed by atoms with van der Waals surface area (Å²) in [6.07, 6.45) is -2.72. The molecule has 0 aromatic heterocycles. The molecular formula is C6H8F2N4O9. The van der Waals surface area contributed by atoms with E-state index in [0.29, 0.717) is 0 Å². The van der Waals surface area contributed by atoms with Crippen LogP contribution in [0.15, 0.2) is 0 Å². The fraction of sp³-hybridized carbons (Fsp3) is 1.00. The third-order valence-corrected chi connectivity index (χ3v) is 2.25. The number of rotatable bonds is 10. The minimum absolute atomic E-state index is 0.968. The predicted molar refractivity (Wildman–Crippen MR) is 55.7 cm³/mol. The molecule has 0 heterocycles. The van der Waals surface area contributed by atoms with Crippen molar-refractivity contribution in [1.29, 1.82) is 0 Å². The summed E-state index contributed by atoms with van der Waals surface area (Å²) in [6, 6.07) is 0. The van der Waals surface area contributed by atoms with Crippen LogP contribution in [0, 0.1) is 40.5 Å². The molecule has 0 N–H and O–H groups in total. The van der Waals surface area contributed by atoms with Crippen LogP contribution in [-0.2, 0) is 4.74 Å². The van der Waals surface area contributed by atoms with E-state index in [-0.39, 0.29) is 0 Å². The van der Waals surface area contributed by atoms with Gasteiger partial charge in [0.1, 0.15) is 19.7 Å². The predicted octanol–water partition coefficient (Wildman–Crippen LogP) is 0.137. The molecule has 0 rings (SSSR count). The minimum Gasteiger partial charge on any atom is -0.380 e. The fourth-order valence-corrected chi connectivity index (χ4v) is 1.00. The second-order valence-electron chi connectivity index (χ2n) is 3.58. The highest BCUT2D eigenvalue weighted by Gasteiger charge is 2.58. The van der Waals surface area contributed by atoms with Gasteiger partial charge in [0, 0.05) is 0 Å². The second-order valence-corrected chi connectivity index (χ2v) is 3.58. The van der Waals surface area contributed by atoms with Crippen molar-refractivity contribution in [2.75, 3.05) is 13.2 Å². The molecule has 0 radical (unpaired) electrons. The topological polar surface area (TPSA) is 182 Å². The Labute approximate surface area is 113 Å². The highest BCUT2D eigenvalue weighted by atomic mass is 19.2. The van der Waals surface area contributed by atoms with Crippen molar-refractivity contribution in [1.82, 2.24) is 0 Å². The van der Waals surface area contributed by atoms with E-state index >= 15 is 0 Å². The lowest BCUT2D eigenvalue weighted by Gasteiger charge is -2.10. The average Bonchev–Trinajstić information content (AvgIpc) is 2.36. The van der Waals surface area contributed by atoms with Crippen molar-refractivity contribution in [3.8, 4) is 0 Å². The highest BCUT2D eigenvalue weighted by molar-refractivity contribution is 4.54. The van der Waals surface area contributed by atoms with Crippen molar-refractivity contribution >= 4 is 0 Å². The molecule has 15 heteroatoms. The van der Waals surface area contributed by atoms with Gasteiger partial charge in [-0.2, -0.15) is 0 Å². The smallest absolute Gasteiger partial charge is 0.380 e. The fourth-order valence-electron chi connectivity index (χ4n) is 1.00. The Morgan fingerprint density at radius 3 is 1.14 bits per heavy atom. The SMILES string of the molecule is O=[N+]([O-])C(F)(CCOCCC(F)([N+](=O)[O-])[N+](=O)[O-])[N+](=O)[O-]. The Bertz CT molecular complexity index is 390. The molecule has 0 unspecified atom stereocenters. The van der Waals surface area contributed by atoms with Crippen molar-refractivity contribution in [2.24, 2.45) is 0 Å². The normalized spacial score (nSPS) is 11.9. The molecule has 0 aliphatic rings. The monoisotopic (exact) mass is 318 g/mol. The van der Waals surface area contributed by atoms with E-state index in [1.165, 1.54) is 0 Å². The first-order chi connectivity index (χ1) is 9.48. The van der Waals surface area contributed by atoms with Gasteiger partial charge in [-0.15, -0.1) is 0 Å². The zero-order chi connectivity index (χ0) is 16.8. The van der Waals surface area contributed by atoms with E-state index in [0.717, 1.165) is 0 Å². The summed E-state index contributed by atoms with van der Waals surface area (Å²) in [5.74, 6) is -8.06. The summed E-state index contributed by atoms with van der Waals surface area (Å²) in [4.78, 5) is 33.4. The van der Waals surface area contributed by atoms with Gasteiger partial charge in [0.2, 0.25) is 0 Å². The van der Waals surface area contributed by atoms with Crippen LogP contribution >= 0.6 is 0 Å². The minimum atomic E-state index is -4.03. The molecule has 0 fully saturated rings. The van der Waals surface area contributed by atoms with Gasteiger partial charge >= 0.3 is 11.8 Å². The van der Waals surface area contributed by atoms with Crippen LogP contribution in [0.1, 0.15) is 12.8 Å². The molecule has 13 nitrogen and oxygen atoms in total. The third-order valence-electron chi connectivity index (χ3n) is 2.25. The number of halogens is 2. The average molecular weight is 318 g/mol. The summed E-state index contributed by atoms with van der Waals surface area (Å²) >= 11 is 0. The Morgan fingerprint density at radius 1 is 0.714 bits per heavy atom. The number of nitro groups is 4. The van der Waals surface area contributed by atoms with Crippen molar-refractivity contribution in [3.05, 3.63) is 40.5 Å². The van der Waals surface area contributed by atoms with Gasteiger partial charge in [0.25, 0.3) is 0 Å². The summed E-state index contributed by atoms with van der Waals surface area (Å²) in [6.45, 7) is -1.94. The number of alkyl halides is 2. The van der Waals surface area contributed by atoms with E-state index in [1.807, 2.05) is 0 Å². The Balaban J connectivity index is 4.41. The number of ether oxygens (including phenoxy) is 1. The summed E-state index contributed by atoms with van der Waals surface area (Å²) < 4.78 is 30.7. The molecule has 0 aromatic carbocycles. The molecule has 0 aliphatic carbocycles. The van der Waals surface area contributed by atoms with E-state index in [2.05, 4.69) is 4.74 Å². The molecule has 0 spiro atoms. The number of hydrogen-bond donors (Lipinski definition) is 0. The van der Waals surface area contributed by atoms with Crippen molar-refractivity contribution < 1.29 is 33.2 Å². The van der Waals surface area contributed by atoms with E-state index in [1.54, 1.807) is 0 Å². The zero-order valence-corrected chi connectivity index (χ0v) is 10.0. The molecule has 0 aliphatic heterocycles. The first-order valence-corrected chi connectivity index (χ1v) is 5.02. The van der Waals surface area contributed by atoms with Crippen molar-refractivity contribution in [3.63, 3.8) is 0 Å². The number of nitrogens with zero attached hydrogens (tertiary/aromatic N) is 4. The quantitative estimate of drug-likeness (QED) is 0.178. The summed E-state index contributed by atoms with van der Waals surface area (Å²) in [5, 5.41) is 40.6. The number of hydrogen-bond acceptors (Lipinski definition) is 9. The molecule has 0 bridgehead atoms. The van der Waals surface area contributed by atoms with Gasteiger partial charge in [0.15, 0.2) is 12.8 Å². The van der Waals surface area contributed by atoms with E-state index in [9.17, 15) is 49.2 Å². The van der Waals surface area contributed by atoms with Gasteiger partial charge < -0.3 is 4.74 Å². The van der Waals surface area contributed by atoms with E-state index in [4.69, 9.17) is 0 Å². The second kappa shape index (κ2) is 6.73. The largest absolute Gasteiger partial charge is 0.616 e. The maximum Gasteiger partial charge on any atom is 0.616 e. The molecular weight excluding hydrogens is 310 g/mol. The summed E-state index contributed by atoms with van der Waals surface area (Å²) in [5.41, 5.74) is 0. The standard InChI is InChI=1S/C6H8F2N4O9/c7-5(9(13)14,10(15)16)1-3-21-4-2-6(8,11(17)18)12(19)20/h1-4H2. The zero-order valence-electron chi connectivity index (χ0n) is 10.0. The van der Waals surface area contributed by atoms with Crippen LogP contribution in [0.2, 0.25) is 0 Å². The first kappa shape index (κ1) is 18.4. The van der Waals surface area contributed by atoms with Gasteiger partial charge in [0.05, 0.1) is 13.2 Å². The highest BCUT2D eigenvalue weighted by Crippen LogP contribution is 2.20. The lowest BCUT2D eigenvalue weighted by Crippen LogP contribution is -2.43. The van der Waals surface area contributed by atoms with E-state index < -0.39 is 57.6 Å². The molecule has 120 valence electrons. The molecule has 0 saturated carbocycles. The van der Waals surface area contributed by atoms with Crippen molar-refractivity contribution in [2.45, 2.75) is 24.7 Å². The lowest BCUT2D eigenvalue weighted by atomic mass is 10.3. The maximum atomic E-state index is 13.2. The van der Waals surface area contributed by atoms with Crippen LogP contribution in [0.4, 0.5) is 8.78 Å². The summed E-state index contributed by atoms with van der Waals surface area (Å²) in [7, 11) is 0. The van der Waals surface area contributed by atoms with Crippen LogP contribution in [0.5, 0.6) is 0 Å². The molecule has 0 amide bonds. The first-order valence-electron chi connectivity index (χ1n) is 5.02. The maximum absolute atomic E-state index is 13.2. The van der Waals surface area contributed by atoms with Gasteiger partial charge in [-0.1, -0.05) is 8.78 Å². The molecule has 21 heavy (non-hydrogen) atoms. The Morgan fingerprint density at radius 2 is 0.952 bits per heavy atom. The van der Waals surface area contributed by atoms with Gasteiger partial charge in [-0.25, -0.2) is 0 Å². The molecule has 0 aromatic rings. The van der Waals surface area contributed by atoms with Crippen LogP contribution in [-0.4, -0.2) is 44.7 Å².